The number of halogens is 2. The number of carbonyl (C=O) groups excluding carboxylic acids is 1. The van der Waals surface area contributed by atoms with Gasteiger partial charge >= 0.3 is 0 Å². The van der Waals surface area contributed by atoms with Crippen LogP contribution in [0.4, 0.5) is 4.39 Å². The monoisotopic (exact) mass is 243 g/mol. The summed E-state index contributed by atoms with van der Waals surface area (Å²) >= 11 is 5.85. The van der Waals surface area contributed by atoms with Gasteiger partial charge in [0.05, 0.1) is 24.2 Å². The van der Waals surface area contributed by atoms with Gasteiger partial charge in [-0.15, -0.1) is 0 Å². The number of ether oxygens (including phenoxy) is 1. The maximum Gasteiger partial charge on any atom is 0.171 e. The van der Waals surface area contributed by atoms with E-state index in [0.29, 0.717) is 6.61 Å². The van der Waals surface area contributed by atoms with Crippen molar-refractivity contribution in [2.75, 3.05) is 13.2 Å². The molecular formula is C11H11ClFNO2. The predicted octanol–water partition coefficient (Wildman–Crippen LogP) is 1.64. The van der Waals surface area contributed by atoms with Crippen LogP contribution in [-0.4, -0.2) is 25.0 Å². The summed E-state index contributed by atoms with van der Waals surface area (Å²) in [7, 11) is 0. The van der Waals surface area contributed by atoms with Crippen molar-refractivity contribution >= 4 is 17.4 Å². The van der Waals surface area contributed by atoms with Crippen LogP contribution in [0.25, 0.3) is 0 Å². The highest BCUT2D eigenvalue weighted by Crippen LogP contribution is 2.24. The van der Waals surface area contributed by atoms with Crippen molar-refractivity contribution in [2.45, 2.75) is 6.04 Å². The van der Waals surface area contributed by atoms with E-state index in [9.17, 15) is 9.18 Å². The quantitative estimate of drug-likeness (QED) is 0.804. The molecule has 1 heterocycles. The Morgan fingerprint density at radius 1 is 1.50 bits per heavy atom. The van der Waals surface area contributed by atoms with Crippen LogP contribution in [0.5, 0.6) is 0 Å². The molecule has 0 spiro atoms. The second-order valence-corrected chi connectivity index (χ2v) is 4.20. The van der Waals surface area contributed by atoms with E-state index in [2.05, 4.69) is 0 Å². The summed E-state index contributed by atoms with van der Waals surface area (Å²) < 4.78 is 18.1. The number of Topliss-reactive ketones (excluding diaryl/α,β-unsaturated/α-hetero) is 1. The lowest BCUT2D eigenvalue weighted by Gasteiger charge is -2.12. The molecule has 1 aliphatic heterocycles. The van der Waals surface area contributed by atoms with Gasteiger partial charge in [0.1, 0.15) is 5.82 Å². The summed E-state index contributed by atoms with van der Waals surface area (Å²) in [6.45, 7) is 0.621. The molecular weight excluding hydrogens is 233 g/mol. The molecule has 5 heteroatoms. The van der Waals surface area contributed by atoms with E-state index in [4.69, 9.17) is 22.1 Å². The summed E-state index contributed by atoms with van der Waals surface area (Å²) in [5, 5.41) is 0.241. The van der Waals surface area contributed by atoms with Crippen LogP contribution >= 0.6 is 11.6 Å². The third-order valence-corrected chi connectivity index (χ3v) is 2.98. The van der Waals surface area contributed by atoms with Gasteiger partial charge in [0.2, 0.25) is 0 Å². The van der Waals surface area contributed by atoms with Crippen LogP contribution in [0, 0.1) is 11.7 Å². The summed E-state index contributed by atoms with van der Waals surface area (Å²) in [6.07, 6.45) is 0. The van der Waals surface area contributed by atoms with Crippen molar-refractivity contribution in [1.29, 1.82) is 0 Å². The minimum atomic E-state index is -0.486. The molecule has 86 valence electrons. The summed E-state index contributed by atoms with van der Waals surface area (Å²) in [5.74, 6) is -1.17. The van der Waals surface area contributed by atoms with E-state index in [1.54, 1.807) is 0 Å². The van der Waals surface area contributed by atoms with Gasteiger partial charge in [0, 0.05) is 11.6 Å². The minimum absolute atomic E-state index is 0.174. The summed E-state index contributed by atoms with van der Waals surface area (Å²) in [5.41, 5.74) is 5.90. The van der Waals surface area contributed by atoms with Gasteiger partial charge in [0.25, 0.3) is 0 Å². The van der Waals surface area contributed by atoms with Crippen LogP contribution < -0.4 is 5.73 Å². The molecule has 0 amide bonds. The Labute approximate surface area is 97.3 Å². The van der Waals surface area contributed by atoms with Gasteiger partial charge in [-0.1, -0.05) is 11.6 Å². The lowest BCUT2D eigenvalue weighted by atomic mass is 9.94. The van der Waals surface area contributed by atoms with Crippen LogP contribution in [0.3, 0.4) is 0 Å². The first-order valence-corrected chi connectivity index (χ1v) is 5.30. The minimum Gasteiger partial charge on any atom is -0.379 e. The first-order valence-electron chi connectivity index (χ1n) is 4.92. The van der Waals surface area contributed by atoms with Gasteiger partial charge in [-0.05, 0) is 18.2 Å². The molecule has 2 N–H and O–H groups in total. The third-order valence-electron chi connectivity index (χ3n) is 2.66. The molecule has 1 saturated heterocycles. The van der Waals surface area contributed by atoms with Gasteiger partial charge in [-0.25, -0.2) is 4.39 Å². The first kappa shape index (κ1) is 11.5. The Morgan fingerprint density at radius 2 is 2.25 bits per heavy atom. The van der Waals surface area contributed by atoms with E-state index in [1.807, 2.05) is 0 Å². The largest absolute Gasteiger partial charge is 0.379 e. The van der Waals surface area contributed by atoms with E-state index in [1.165, 1.54) is 12.1 Å². The highest BCUT2D eigenvalue weighted by molar-refractivity contribution is 6.34. The number of hydrogen-bond acceptors (Lipinski definition) is 3. The smallest absolute Gasteiger partial charge is 0.171 e. The molecule has 2 unspecified atom stereocenters. The molecule has 2 rings (SSSR count). The number of ketones is 1. The molecule has 0 aromatic heterocycles. The topological polar surface area (TPSA) is 52.3 Å². The number of nitrogens with two attached hydrogens (primary N) is 1. The normalized spacial score (nSPS) is 24.7. The maximum atomic E-state index is 13.0. The SMILES string of the molecule is NC1COCC1C(=O)c1cc(F)ccc1Cl. The molecule has 0 aliphatic carbocycles. The van der Waals surface area contributed by atoms with Crippen molar-refractivity contribution in [1.82, 2.24) is 0 Å². The van der Waals surface area contributed by atoms with Crippen molar-refractivity contribution in [3.05, 3.63) is 34.6 Å². The molecule has 1 fully saturated rings. The Hall–Kier alpha value is -0.970. The first-order chi connectivity index (χ1) is 7.59. The second kappa shape index (κ2) is 4.49. The average Bonchev–Trinajstić information content (AvgIpc) is 2.67. The van der Waals surface area contributed by atoms with Crippen LogP contribution in [0.2, 0.25) is 5.02 Å². The zero-order valence-electron chi connectivity index (χ0n) is 8.45. The Bertz CT molecular complexity index is 424. The van der Waals surface area contributed by atoms with Crippen molar-refractivity contribution < 1.29 is 13.9 Å². The third kappa shape index (κ3) is 2.09. The zero-order chi connectivity index (χ0) is 11.7. The molecule has 0 saturated carbocycles. The van der Waals surface area contributed by atoms with E-state index in [0.717, 1.165) is 6.07 Å². The van der Waals surface area contributed by atoms with Crippen LogP contribution in [0.15, 0.2) is 18.2 Å². The molecule has 0 bridgehead atoms. The lowest BCUT2D eigenvalue weighted by Crippen LogP contribution is -2.34. The number of carbonyl (C=O) groups is 1. The molecule has 2 atom stereocenters. The molecule has 1 aromatic carbocycles. The maximum absolute atomic E-state index is 13.0. The standard InChI is InChI=1S/C11H11ClFNO2/c12-9-2-1-6(13)3-7(9)11(15)8-4-16-5-10(8)14/h1-3,8,10H,4-5,14H2. The number of hydrogen-bond donors (Lipinski definition) is 1. The molecule has 1 aliphatic rings. The highest BCUT2D eigenvalue weighted by Gasteiger charge is 2.32. The summed E-state index contributed by atoms with van der Waals surface area (Å²) in [6, 6.07) is 3.37. The fourth-order valence-electron chi connectivity index (χ4n) is 1.73. The van der Waals surface area contributed by atoms with Crippen LogP contribution in [-0.2, 0) is 4.74 Å². The Kier molecular flexibility index (Phi) is 3.23. The molecule has 3 nitrogen and oxygen atoms in total. The Balaban J connectivity index is 2.29. The molecule has 0 radical (unpaired) electrons. The number of benzene rings is 1. The van der Waals surface area contributed by atoms with Gasteiger partial charge in [-0.2, -0.15) is 0 Å². The van der Waals surface area contributed by atoms with Gasteiger partial charge in [-0.3, -0.25) is 4.79 Å². The molecule has 16 heavy (non-hydrogen) atoms. The Morgan fingerprint density at radius 3 is 2.88 bits per heavy atom. The van der Waals surface area contributed by atoms with Crippen LogP contribution in [0.1, 0.15) is 10.4 Å². The van der Waals surface area contributed by atoms with Gasteiger partial charge < -0.3 is 10.5 Å². The van der Waals surface area contributed by atoms with E-state index in [-0.39, 0.29) is 29.0 Å². The van der Waals surface area contributed by atoms with Gasteiger partial charge in [0.15, 0.2) is 5.78 Å². The van der Waals surface area contributed by atoms with Crippen molar-refractivity contribution in [2.24, 2.45) is 11.7 Å². The molecule has 1 aromatic rings. The zero-order valence-corrected chi connectivity index (χ0v) is 9.21. The number of rotatable bonds is 2. The highest BCUT2D eigenvalue weighted by atomic mass is 35.5. The lowest BCUT2D eigenvalue weighted by molar-refractivity contribution is 0.0895. The second-order valence-electron chi connectivity index (χ2n) is 3.80. The fourth-order valence-corrected chi connectivity index (χ4v) is 1.94. The summed E-state index contributed by atoms with van der Waals surface area (Å²) in [4.78, 5) is 12.0. The average molecular weight is 244 g/mol. The van der Waals surface area contributed by atoms with Crippen molar-refractivity contribution in [3.8, 4) is 0 Å². The van der Waals surface area contributed by atoms with E-state index < -0.39 is 11.7 Å². The van der Waals surface area contributed by atoms with Crippen molar-refractivity contribution in [3.63, 3.8) is 0 Å². The predicted molar refractivity (Wildman–Crippen MR) is 58.0 cm³/mol. The van der Waals surface area contributed by atoms with E-state index >= 15 is 0 Å². The fraction of sp³-hybridized carbons (Fsp3) is 0.364.